The van der Waals surface area contributed by atoms with E-state index in [0.717, 1.165) is 25.7 Å². The third-order valence-corrected chi connectivity index (χ3v) is 8.02. The van der Waals surface area contributed by atoms with Gasteiger partial charge in [0.25, 0.3) is 0 Å². The van der Waals surface area contributed by atoms with Crippen LogP contribution >= 0.6 is 11.8 Å². The summed E-state index contributed by atoms with van der Waals surface area (Å²) >= 11 is 0.599. The van der Waals surface area contributed by atoms with Gasteiger partial charge in [-0.2, -0.15) is 0 Å². The number of hydrogen-bond acceptors (Lipinski definition) is 10. The number of nitrogens with zero attached hydrogens (tertiary/aromatic N) is 4. The molecule has 0 aliphatic carbocycles. The van der Waals surface area contributed by atoms with Crippen molar-refractivity contribution in [1.29, 1.82) is 0 Å². The molecular formula is C30H35FN4O8S. The largest absolute Gasteiger partial charge is 0.486 e. The lowest BCUT2D eigenvalue weighted by Crippen LogP contribution is -2.49. The maximum absolute atomic E-state index is 13.8. The average molecular weight is 631 g/mol. The van der Waals surface area contributed by atoms with Gasteiger partial charge in [-0.3, -0.25) is 14.4 Å². The highest BCUT2D eigenvalue weighted by Crippen LogP contribution is 2.26. The van der Waals surface area contributed by atoms with Crippen LogP contribution in [0.15, 0.2) is 35.4 Å². The Kier molecular flexibility index (Phi) is 10.9. The van der Waals surface area contributed by atoms with E-state index in [0.29, 0.717) is 43.1 Å². The number of morpholine rings is 1. The van der Waals surface area contributed by atoms with Crippen LogP contribution in [0.4, 0.5) is 4.39 Å². The number of amides is 1. The van der Waals surface area contributed by atoms with Gasteiger partial charge in [0.05, 0.1) is 36.7 Å². The second-order valence-electron chi connectivity index (χ2n) is 10.5. The zero-order chi connectivity index (χ0) is 32.0. The van der Waals surface area contributed by atoms with Gasteiger partial charge in [-0.15, -0.1) is 0 Å². The minimum Gasteiger partial charge on any atom is -0.486 e. The number of methoxy groups -OCH3 is 1. The van der Waals surface area contributed by atoms with Crippen LogP contribution in [0.5, 0.6) is 5.75 Å². The van der Waals surface area contributed by atoms with E-state index in [9.17, 15) is 28.4 Å². The van der Waals surface area contributed by atoms with E-state index in [1.165, 1.54) is 27.4 Å². The van der Waals surface area contributed by atoms with Crippen molar-refractivity contribution in [1.82, 2.24) is 18.9 Å². The van der Waals surface area contributed by atoms with Gasteiger partial charge in [0.15, 0.2) is 5.69 Å². The minimum atomic E-state index is -1.02. The van der Waals surface area contributed by atoms with E-state index < -0.39 is 27.7 Å². The fraction of sp³-hybridized carbons (Fsp3) is 0.467. The summed E-state index contributed by atoms with van der Waals surface area (Å²) < 4.78 is 32.7. The lowest BCUT2D eigenvalue weighted by atomic mass is 10.0. The average Bonchev–Trinajstić information content (AvgIpc) is 3.40. The van der Waals surface area contributed by atoms with Crippen molar-refractivity contribution in [3.63, 3.8) is 0 Å². The smallest absolute Gasteiger partial charge is 0.338 e. The number of benzene rings is 1. The van der Waals surface area contributed by atoms with Gasteiger partial charge in [0.1, 0.15) is 18.6 Å². The summed E-state index contributed by atoms with van der Waals surface area (Å²) in [6.45, 7) is 6.59. The Morgan fingerprint density at radius 2 is 1.93 bits per heavy atom. The van der Waals surface area contributed by atoms with E-state index >= 15 is 0 Å². The lowest BCUT2D eigenvalue weighted by molar-refractivity contribution is -0.143. The molecule has 3 aromatic rings. The molecule has 1 aliphatic heterocycles. The van der Waals surface area contributed by atoms with Crippen LogP contribution in [-0.2, 0) is 32.0 Å². The summed E-state index contributed by atoms with van der Waals surface area (Å²) in [6, 6.07) is 3.48. The Balaban J connectivity index is 1.65. The molecule has 1 amide bonds. The van der Waals surface area contributed by atoms with Gasteiger partial charge in [-0.05, 0) is 44.4 Å². The Bertz CT molecular complexity index is 1600. The second kappa shape index (κ2) is 14.6. The molecule has 0 radical (unpaired) electrons. The van der Waals surface area contributed by atoms with Gasteiger partial charge in [-0.25, -0.2) is 18.6 Å². The topological polar surface area (TPSA) is 139 Å². The van der Waals surface area contributed by atoms with Crippen LogP contribution in [0.25, 0.3) is 5.78 Å². The van der Waals surface area contributed by atoms with Gasteiger partial charge < -0.3 is 28.5 Å². The molecule has 3 heterocycles. The molecule has 1 fully saturated rings. The predicted molar refractivity (Wildman–Crippen MR) is 160 cm³/mol. The molecule has 0 bridgehead atoms. The highest BCUT2D eigenvalue weighted by Gasteiger charge is 2.29. The molecule has 1 aromatic carbocycles. The monoisotopic (exact) mass is 630 g/mol. The molecule has 0 saturated carbocycles. The van der Waals surface area contributed by atoms with E-state index in [-0.39, 0.29) is 60.5 Å². The number of unbranched alkanes of at least 4 members (excludes halogenated alkanes) is 1. The number of esters is 1. The predicted octanol–water partition coefficient (Wildman–Crippen LogP) is 2.92. The van der Waals surface area contributed by atoms with Crippen molar-refractivity contribution in [2.75, 3.05) is 26.8 Å². The Morgan fingerprint density at radius 1 is 1.20 bits per heavy atom. The van der Waals surface area contributed by atoms with Crippen LogP contribution in [0, 0.1) is 5.82 Å². The summed E-state index contributed by atoms with van der Waals surface area (Å²) in [5.74, 6) is -1.87. The van der Waals surface area contributed by atoms with E-state index in [1.807, 2.05) is 20.8 Å². The van der Waals surface area contributed by atoms with E-state index in [2.05, 4.69) is 4.98 Å². The number of rotatable bonds is 12. The quantitative estimate of drug-likeness (QED) is 0.167. The van der Waals surface area contributed by atoms with Crippen molar-refractivity contribution < 1.29 is 37.8 Å². The van der Waals surface area contributed by atoms with E-state index in [1.54, 1.807) is 4.90 Å². The number of fused-ring (bicyclic) bond motifs is 1. The highest BCUT2D eigenvalue weighted by molar-refractivity contribution is 8.15. The molecule has 1 aliphatic rings. The number of carbonyl (C=O) groups is 4. The zero-order valence-electron chi connectivity index (χ0n) is 25.0. The van der Waals surface area contributed by atoms with Crippen molar-refractivity contribution in [2.45, 2.75) is 64.0 Å². The molecule has 236 valence electrons. The summed E-state index contributed by atoms with van der Waals surface area (Å²) in [5.41, 5.74) is -0.696. The molecule has 12 nitrogen and oxygen atoms in total. The highest BCUT2D eigenvalue weighted by atomic mass is 32.2. The summed E-state index contributed by atoms with van der Waals surface area (Å²) in [6.07, 6.45) is 4.56. The van der Waals surface area contributed by atoms with Crippen molar-refractivity contribution in [3.05, 3.63) is 63.6 Å². The number of aldehydes is 1. The molecule has 14 heteroatoms. The molecule has 2 aromatic heterocycles. The first-order chi connectivity index (χ1) is 21.1. The van der Waals surface area contributed by atoms with Crippen LogP contribution < -0.4 is 10.3 Å². The van der Waals surface area contributed by atoms with Crippen molar-refractivity contribution in [2.24, 2.45) is 0 Å². The molecule has 44 heavy (non-hydrogen) atoms. The fourth-order valence-corrected chi connectivity index (χ4v) is 5.79. The number of carbonyl (C=O) groups excluding carboxylic acids is 4. The third kappa shape index (κ3) is 7.53. The van der Waals surface area contributed by atoms with Crippen molar-refractivity contribution >= 4 is 40.8 Å². The number of imidazole rings is 1. The van der Waals surface area contributed by atoms with E-state index in [4.69, 9.17) is 14.2 Å². The van der Waals surface area contributed by atoms with Gasteiger partial charge in [0.2, 0.25) is 22.5 Å². The lowest BCUT2D eigenvalue weighted by Gasteiger charge is -2.35. The summed E-state index contributed by atoms with van der Waals surface area (Å²) in [4.78, 5) is 70.7. The standard InChI is InChI=1S/C30H35FN4O8S/c1-5-6-11-42-26-25(29(40)44-22(17-36)12-20-7-8-21(31)13-23(20)28(39)41-4)32-30-33(9-10-35(30)27(26)38)16-24(37)34-14-18(2)43-19(3)15-34/h7-10,13,17-19,22H,5-6,11-12,14-16H2,1-4H3/t18-,19-,22?/m0/s1. The fourth-order valence-electron chi connectivity index (χ4n) is 4.95. The molecule has 0 spiro atoms. The van der Waals surface area contributed by atoms with Crippen molar-refractivity contribution in [3.8, 4) is 5.75 Å². The number of halogens is 1. The number of thioether (sulfide) groups is 1. The first kappa shape index (κ1) is 32.9. The first-order valence-corrected chi connectivity index (χ1v) is 15.1. The minimum absolute atomic E-state index is 0.0543. The molecule has 0 N–H and O–H groups in total. The molecular weight excluding hydrogens is 595 g/mol. The van der Waals surface area contributed by atoms with Gasteiger partial charge >= 0.3 is 11.5 Å². The summed E-state index contributed by atoms with van der Waals surface area (Å²) in [5, 5.41) is -1.73. The number of ether oxygens (including phenoxy) is 3. The maximum atomic E-state index is 13.8. The Morgan fingerprint density at radius 3 is 2.59 bits per heavy atom. The van der Waals surface area contributed by atoms with Gasteiger partial charge in [-0.1, -0.05) is 31.2 Å². The van der Waals surface area contributed by atoms with Crippen LogP contribution in [0.2, 0.25) is 0 Å². The number of hydrogen-bond donors (Lipinski definition) is 0. The first-order valence-electron chi connectivity index (χ1n) is 14.3. The maximum Gasteiger partial charge on any atom is 0.338 e. The van der Waals surface area contributed by atoms with Crippen LogP contribution in [0.1, 0.15) is 60.0 Å². The Labute approximate surface area is 257 Å². The normalized spacial score (nSPS) is 17.3. The molecule has 1 unspecified atom stereocenters. The third-order valence-electron chi connectivity index (χ3n) is 7.03. The van der Waals surface area contributed by atoms with Gasteiger partial charge in [0, 0.05) is 25.5 Å². The number of aromatic nitrogens is 3. The second-order valence-corrected chi connectivity index (χ2v) is 11.7. The SMILES string of the molecule is CCCCOc1c(C(=O)SC(C=O)Cc2ccc(F)cc2C(=O)OC)nc2n(CC(=O)N3C[C@H](C)O[C@@H](C)C3)ccn2c1=O. The van der Waals surface area contributed by atoms with Crippen LogP contribution in [-0.4, -0.2) is 86.4 Å². The van der Waals surface area contributed by atoms with Crippen LogP contribution in [0.3, 0.4) is 0 Å². The summed E-state index contributed by atoms with van der Waals surface area (Å²) in [7, 11) is 1.15. The Hall–Kier alpha value is -4.04. The zero-order valence-corrected chi connectivity index (χ0v) is 25.8. The molecule has 3 atom stereocenters. The molecule has 4 rings (SSSR count). The molecule has 1 saturated heterocycles.